The summed E-state index contributed by atoms with van der Waals surface area (Å²) in [4.78, 5) is 12.4. The SMILES string of the molecule is COc1ccccc1CCNC(=O)c1cc(OC)c(C)c(OC)c1. The number of para-hydroxylation sites is 1. The van der Waals surface area contributed by atoms with Crippen LogP contribution in [0.2, 0.25) is 0 Å². The predicted molar refractivity (Wildman–Crippen MR) is 93.3 cm³/mol. The molecule has 24 heavy (non-hydrogen) atoms. The third kappa shape index (κ3) is 3.98. The van der Waals surface area contributed by atoms with Crippen LogP contribution in [0.25, 0.3) is 0 Å². The molecule has 5 heteroatoms. The largest absolute Gasteiger partial charge is 0.496 e. The molecule has 0 fully saturated rings. The summed E-state index contributed by atoms with van der Waals surface area (Å²) < 4.78 is 15.9. The summed E-state index contributed by atoms with van der Waals surface area (Å²) in [6.45, 7) is 2.40. The van der Waals surface area contributed by atoms with Crippen molar-refractivity contribution in [2.24, 2.45) is 0 Å². The Morgan fingerprint density at radius 3 is 2.12 bits per heavy atom. The van der Waals surface area contributed by atoms with Crippen LogP contribution in [0.4, 0.5) is 0 Å². The van der Waals surface area contributed by atoms with Gasteiger partial charge in [0, 0.05) is 17.7 Å². The fourth-order valence-electron chi connectivity index (χ4n) is 2.54. The molecule has 0 aromatic heterocycles. The topological polar surface area (TPSA) is 56.8 Å². The van der Waals surface area contributed by atoms with Gasteiger partial charge < -0.3 is 19.5 Å². The Morgan fingerprint density at radius 2 is 1.54 bits per heavy atom. The maximum Gasteiger partial charge on any atom is 0.251 e. The van der Waals surface area contributed by atoms with Crippen LogP contribution in [0.15, 0.2) is 36.4 Å². The highest BCUT2D eigenvalue weighted by molar-refractivity contribution is 5.95. The molecule has 0 heterocycles. The van der Waals surface area contributed by atoms with Gasteiger partial charge in [0.15, 0.2) is 0 Å². The number of hydrogen-bond donors (Lipinski definition) is 1. The van der Waals surface area contributed by atoms with E-state index in [1.165, 1.54) is 0 Å². The lowest BCUT2D eigenvalue weighted by atomic mass is 10.1. The zero-order valence-electron chi connectivity index (χ0n) is 14.5. The quantitative estimate of drug-likeness (QED) is 0.848. The molecule has 0 aliphatic heterocycles. The minimum atomic E-state index is -0.165. The van der Waals surface area contributed by atoms with E-state index in [1.54, 1.807) is 33.5 Å². The Hall–Kier alpha value is -2.69. The Morgan fingerprint density at radius 1 is 0.958 bits per heavy atom. The molecule has 0 saturated carbocycles. The first-order valence-electron chi connectivity index (χ1n) is 7.73. The lowest BCUT2D eigenvalue weighted by molar-refractivity contribution is 0.0953. The standard InChI is InChI=1S/C19H23NO4/c1-13-17(23-3)11-15(12-18(13)24-4)19(21)20-10-9-14-7-5-6-8-16(14)22-2/h5-8,11-12H,9-10H2,1-4H3,(H,20,21). The van der Waals surface area contributed by atoms with Crippen LogP contribution in [0.1, 0.15) is 21.5 Å². The molecule has 0 aliphatic carbocycles. The number of amides is 1. The summed E-state index contributed by atoms with van der Waals surface area (Å²) >= 11 is 0. The molecule has 0 atom stereocenters. The van der Waals surface area contributed by atoms with Crippen molar-refractivity contribution in [1.29, 1.82) is 0 Å². The van der Waals surface area contributed by atoms with Gasteiger partial charge in [0.2, 0.25) is 0 Å². The van der Waals surface area contributed by atoms with Crippen LogP contribution >= 0.6 is 0 Å². The molecule has 1 N–H and O–H groups in total. The Bertz CT molecular complexity index is 687. The molecule has 0 radical (unpaired) electrons. The van der Waals surface area contributed by atoms with Crippen LogP contribution in [0.3, 0.4) is 0 Å². The fourth-order valence-corrected chi connectivity index (χ4v) is 2.54. The maximum absolute atomic E-state index is 12.4. The van der Waals surface area contributed by atoms with Gasteiger partial charge in [0.1, 0.15) is 17.2 Å². The average molecular weight is 329 g/mol. The predicted octanol–water partition coefficient (Wildman–Crippen LogP) is 2.99. The van der Waals surface area contributed by atoms with Crippen molar-refractivity contribution in [1.82, 2.24) is 5.32 Å². The average Bonchev–Trinajstić information content (AvgIpc) is 2.62. The molecule has 1 amide bonds. The molecule has 128 valence electrons. The maximum atomic E-state index is 12.4. The second kappa shape index (κ2) is 8.24. The minimum Gasteiger partial charge on any atom is -0.496 e. The van der Waals surface area contributed by atoms with E-state index in [4.69, 9.17) is 14.2 Å². The molecule has 0 unspecified atom stereocenters. The summed E-state index contributed by atoms with van der Waals surface area (Å²) in [6, 6.07) is 11.2. The number of rotatable bonds is 7. The highest BCUT2D eigenvalue weighted by atomic mass is 16.5. The second-order valence-corrected chi connectivity index (χ2v) is 5.32. The minimum absolute atomic E-state index is 0.165. The lowest BCUT2D eigenvalue weighted by Crippen LogP contribution is -2.26. The molecular formula is C19H23NO4. The van der Waals surface area contributed by atoms with Gasteiger partial charge in [-0.05, 0) is 37.1 Å². The molecule has 0 aliphatic rings. The molecular weight excluding hydrogens is 306 g/mol. The van der Waals surface area contributed by atoms with E-state index < -0.39 is 0 Å². The highest BCUT2D eigenvalue weighted by Crippen LogP contribution is 2.29. The third-order valence-corrected chi connectivity index (χ3v) is 3.89. The lowest BCUT2D eigenvalue weighted by Gasteiger charge is -2.13. The highest BCUT2D eigenvalue weighted by Gasteiger charge is 2.13. The van der Waals surface area contributed by atoms with Gasteiger partial charge in [-0.15, -0.1) is 0 Å². The van der Waals surface area contributed by atoms with Gasteiger partial charge in [-0.1, -0.05) is 18.2 Å². The van der Waals surface area contributed by atoms with Crippen LogP contribution < -0.4 is 19.5 Å². The van der Waals surface area contributed by atoms with E-state index in [0.29, 0.717) is 30.0 Å². The molecule has 2 rings (SSSR count). The molecule has 2 aromatic carbocycles. The van der Waals surface area contributed by atoms with Gasteiger partial charge in [0.05, 0.1) is 21.3 Å². The van der Waals surface area contributed by atoms with E-state index >= 15 is 0 Å². The van der Waals surface area contributed by atoms with Crippen molar-refractivity contribution in [2.75, 3.05) is 27.9 Å². The summed E-state index contributed by atoms with van der Waals surface area (Å²) in [6.07, 6.45) is 0.690. The van der Waals surface area contributed by atoms with Crippen LogP contribution in [0, 0.1) is 6.92 Å². The van der Waals surface area contributed by atoms with Gasteiger partial charge in [-0.2, -0.15) is 0 Å². The van der Waals surface area contributed by atoms with E-state index in [9.17, 15) is 4.79 Å². The van der Waals surface area contributed by atoms with Crippen LogP contribution in [0.5, 0.6) is 17.2 Å². The van der Waals surface area contributed by atoms with Gasteiger partial charge in [-0.25, -0.2) is 0 Å². The zero-order valence-corrected chi connectivity index (χ0v) is 14.5. The van der Waals surface area contributed by atoms with Crippen molar-refractivity contribution in [2.45, 2.75) is 13.3 Å². The van der Waals surface area contributed by atoms with E-state index in [2.05, 4.69) is 5.32 Å². The van der Waals surface area contributed by atoms with Gasteiger partial charge in [-0.3, -0.25) is 4.79 Å². The van der Waals surface area contributed by atoms with E-state index in [-0.39, 0.29) is 5.91 Å². The van der Waals surface area contributed by atoms with Crippen molar-refractivity contribution >= 4 is 5.91 Å². The Balaban J connectivity index is 2.05. The first-order chi connectivity index (χ1) is 11.6. The number of benzene rings is 2. The molecule has 0 bridgehead atoms. The van der Waals surface area contributed by atoms with Crippen molar-refractivity contribution in [3.63, 3.8) is 0 Å². The van der Waals surface area contributed by atoms with Crippen molar-refractivity contribution in [3.8, 4) is 17.2 Å². The number of carbonyl (C=O) groups is 1. The van der Waals surface area contributed by atoms with Crippen molar-refractivity contribution in [3.05, 3.63) is 53.1 Å². The molecule has 0 spiro atoms. The number of ether oxygens (including phenoxy) is 3. The van der Waals surface area contributed by atoms with Crippen LogP contribution in [-0.2, 0) is 6.42 Å². The zero-order chi connectivity index (χ0) is 17.5. The fraction of sp³-hybridized carbons (Fsp3) is 0.316. The summed E-state index contributed by atoms with van der Waals surface area (Å²) in [7, 11) is 4.79. The number of nitrogens with one attached hydrogen (secondary N) is 1. The van der Waals surface area contributed by atoms with E-state index in [0.717, 1.165) is 16.9 Å². The first-order valence-corrected chi connectivity index (χ1v) is 7.73. The Labute approximate surface area is 142 Å². The number of methoxy groups -OCH3 is 3. The smallest absolute Gasteiger partial charge is 0.251 e. The van der Waals surface area contributed by atoms with E-state index in [1.807, 2.05) is 31.2 Å². The van der Waals surface area contributed by atoms with Crippen LogP contribution in [-0.4, -0.2) is 33.8 Å². The monoisotopic (exact) mass is 329 g/mol. The number of carbonyl (C=O) groups excluding carboxylic acids is 1. The molecule has 0 saturated heterocycles. The van der Waals surface area contributed by atoms with Gasteiger partial charge >= 0.3 is 0 Å². The normalized spacial score (nSPS) is 10.2. The molecule has 2 aromatic rings. The number of hydrogen-bond acceptors (Lipinski definition) is 4. The first kappa shape index (κ1) is 17.7. The van der Waals surface area contributed by atoms with Gasteiger partial charge in [0.25, 0.3) is 5.91 Å². The summed E-state index contributed by atoms with van der Waals surface area (Å²) in [5.41, 5.74) is 2.43. The third-order valence-electron chi connectivity index (χ3n) is 3.89. The Kier molecular flexibility index (Phi) is 6.07. The summed E-state index contributed by atoms with van der Waals surface area (Å²) in [5, 5.41) is 2.92. The summed E-state index contributed by atoms with van der Waals surface area (Å²) in [5.74, 6) is 1.92. The molecule has 5 nitrogen and oxygen atoms in total. The second-order valence-electron chi connectivity index (χ2n) is 5.32. The van der Waals surface area contributed by atoms with Crippen molar-refractivity contribution < 1.29 is 19.0 Å².